The molecule has 4 nitrogen and oxygen atoms in total. The summed E-state index contributed by atoms with van der Waals surface area (Å²) in [6.07, 6.45) is 2.51. The number of hydrogen-bond acceptors (Lipinski definition) is 3. The van der Waals surface area contributed by atoms with E-state index in [-0.39, 0.29) is 0 Å². The number of nitrogens with zero attached hydrogens (tertiary/aromatic N) is 2. The number of aromatic nitrogens is 1. The van der Waals surface area contributed by atoms with E-state index in [1.54, 1.807) is 0 Å². The van der Waals surface area contributed by atoms with E-state index in [1.807, 2.05) is 0 Å². The average molecular weight is 258 g/mol. The first-order valence-electron chi connectivity index (χ1n) is 6.94. The molecule has 1 aromatic heterocycles. The van der Waals surface area contributed by atoms with Crippen molar-refractivity contribution in [1.82, 2.24) is 20.1 Å². The van der Waals surface area contributed by atoms with Crippen LogP contribution in [0, 0.1) is 0 Å². The molecule has 19 heavy (non-hydrogen) atoms. The molecule has 1 fully saturated rings. The van der Waals surface area contributed by atoms with Gasteiger partial charge in [0.05, 0.1) is 6.17 Å². The molecule has 0 bridgehead atoms. The second-order valence-corrected chi connectivity index (χ2v) is 5.41. The van der Waals surface area contributed by atoms with Crippen LogP contribution >= 0.6 is 0 Å². The number of nitrogens with one attached hydrogen (secondary N) is 2. The fraction of sp³-hybridized carbons (Fsp3) is 0.467. The molecule has 2 N–H and O–H groups in total. The van der Waals surface area contributed by atoms with E-state index in [1.165, 1.54) is 16.5 Å². The highest BCUT2D eigenvalue weighted by molar-refractivity contribution is 5.83. The fourth-order valence-electron chi connectivity index (χ4n) is 3.04. The van der Waals surface area contributed by atoms with E-state index in [0.717, 1.165) is 26.2 Å². The van der Waals surface area contributed by atoms with Crippen LogP contribution in [0.15, 0.2) is 30.5 Å². The van der Waals surface area contributed by atoms with Gasteiger partial charge in [0.1, 0.15) is 0 Å². The molecule has 2 heterocycles. The van der Waals surface area contributed by atoms with Crippen LogP contribution in [0.1, 0.15) is 11.7 Å². The highest BCUT2D eigenvalue weighted by Crippen LogP contribution is 2.29. The molecule has 1 aromatic carbocycles. The van der Waals surface area contributed by atoms with Crippen molar-refractivity contribution >= 4 is 10.9 Å². The highest BCUT2D eigenvalue weighted by Gasteiger charge is 2.25. The fourth-order valence-corrected chi connectivity index (χ4v) is 3.04. The minimum Gasteiger partial charge on any atom is -0.361 e. The van der Waals surface area contributed by atoms with Gasteiger partial charge in [-0.05, 0) is 20.2 Å². The minimum absolute atomic E-state index is 0.346. The van der Waals surface area contributed by atoms with Crippen molar-refractivity contribution in [3.8, 4) is 0 Å². The first-order chi connectivity index (χ1) is 9.27. The summed E-state index contributed by atoms with van der Waals surface area (Å²) in [5.41, 5.74) is 2.60. The van der Waals surface area contributed by atoms with Crippen molar-refractivity contribution in [2.75, 3.05) is 40.3 Å². The van der Waals surface area contributed by atoms with Gasteiger partial charge < -0.3 is 10.3 Å². The predicted octanol–water partition coefficient (Wildman–Crippen LogP) is 1.63. The summed E-state index contributed by atoms with van der Waals surface area (Å²) in [4.78, 5) is 8.25. The molecule has 0 amide bonds. The Morgan fingerprint density at radius 1 is 1.16 bits per heavy atom. The van der Waals surface area contributed by atoms with Crippen LogP contribution in [0.2, 0.25) is 0 Å². The molecule has 2 aromatic rings. The third-order valence-corrected chi connectivity index (χ3v) is 3.89. The van der Waals surface area contributed by atoms with Gasteiger partial charge in [0, 0.05) is 48.8 Å². The second kappa shape index (κ2) is 5.33. The normalized spacial score (nSPS) is 19.1. The molecular weight excluding hydrogens is 236 g/mol. The van der Waals surface area contributed by atoms with Gasteiger partial charge in [0.2, 0.25) is 0 Å². The Bertz CT molecular complexity index is 540. The van der Waals surface area contributed by atoms with Crippen molar-refractivity contribution in [1.29, 1.82) is 0 Å². The lowest BCUT2D eigenvalue weighted by Gasteiger charge is -2.38. The van der Waals surface area contributed by atoms with E-state index < -0.39 is 0 Å². The quantitative estimate of drug-likeness (QED) is 0.878. The maximum Gasteiger partial charge on any atom is 0.0902 e. The number of hydrogen-bond donors (Lipinski definition) is 2. The average Bonchev–Trinajstić information content (AvgIpc) is 2.84. The molecular formula is C15H22N4. The second-order valence-electron chi connectivity index (χ2n) is 5.41. The largest absolute Gasteiger partial charge is 0.361 e. The van der Waals surface area contributed by atoms with Crippen LogP contribution in [-0.4, -0.2) is 55.1 Å². The monoisotopic (exact) mass is 258 g/mol. The molecule has 1 aliphatic rings. The minimum atomic E-state index is 0.346. The van der Waals surface area contributed by atoms with Gasteiger partial charge in [-0.15, -0.1) is 0 Å². The number of piperazine rings is 1. The molecule has 1 aliphatic heterocycles. The number of H-pyrrole nitrogens is 1. The van der Waals surface area contributed by atoms with Crippen LogP contribution in [0.5, 0.6) is 0 Å². The molecule has 0 radical (unpaired) electrons. The predicted molar refractivity (Wildman–Crippen MR) is 79.2 cm³/mol. The molecule has 1 saturated heterocycles. The topological polar surface area (TPSA) is 34.3 Å². The van der Waals surface area contributed by atoms with Crippen LogP contribution in [0.4, 0.5) is 0 Å². The lowest BCUT2D eigenvalue weighted by molar-refractivity contribution is 0.0683. The van der Waals surface area contributed by atoms with Gasteiger partial charge in [-0.3, -0.25) is 9.80 Å². The van der Waals surface area contributed by atoms with Gasteiger partial charge in [0.25, 0.3) is 0 Å². The lowest BCUT2D eigenvalue weighted by atomic mass is 10.1. The van der Waals surface area contributed by atoms with Crippen LogP contribution < -0.4 is 5.32 Å². The molecule has 0 spiro atoms. The molecule has 4 heteroatoms. The van der Waals surface area contributed by atoms with Crippen molar-refractivity contribution in [2.24, 2.45) is 0 Å². The van der Waals surface area contributed by atoms with Gasteiger partial charge in [0.15, 0.2) is 0 Å². The third kappa shape index (κ3) is 2.39. The maximum atomic E-state index is 3.42. The zero-order chi connectivity index (χ0) is 13.2. The molecule has 1 atom stereocenters. The number of para-hydroxylation sites is 1. The van der Waals surface area contributed by atoms with Crippen LogP contribution in [-0.2, 0) is 0 Å². The van der Waals surface area contributed by atoms with Gasteiger partial charge in [-0.1, -0.05) is 18.2 Å². The molecule has 102 valence electrons. The third-order valence-electron chi connectivity index (χ3n) is 3.89. The molecule has 3 rings (SSSR count). The van der Waals surface area contributed by atoms with Crippen LogP contribution in [0.3, 0.4) is 0 Å². The van der Waals surface area contributed by atoms with Crippen molar-refractivity contribution in [2.45, 2.75) is 6.17 Å². The summed E-state index contributed by atoms with van der Waals surface area (Å²) in [7, 11) is 4.32. The molecule has 0 aliphatic carbocycles. The highest BCUT2D eigenvalue weighted by atomic mass is 15.3. The summed E-state index contributed by atoms with van der Waals surface area (Å²) in [6.45, 7) is 4.35. The van der Waals surface area contributed by atoms with E-state index in [2.05, 4.69) is 64.7 Å². The number of aromatic amines is 1. The number of fused-ring (bicyclic) bond motifs is 1. The zero-order valence-corrected chi connectivity index (χ0v) is 11.7. The van der Waals surface area contributed by atoms with Crippen molar-refractivity contribution < 1.29 is 0 Å². The Morgan fingerprint density at radius 3 is 2.63 bits per heavy atom. The Balaban J connectivity index is 1.99. The summed E-state index contributed by atoms with van der Waals surface area (Å²) >= 11 is 0. The number of rotatable bonds is 3. The standard InChI is InChI=1S/C15H22N4/c1-18(2)15(19-9-7-16-8-10-19)13-11-17-14-6-4-3-5-12(13)14/h3-6,11,15-17H,7-10H2,1-2H3. The Morgan fingerprint density at radius 2 is 1.89 bits per heavy atom. The summed E-state index contributed by atoms with van der Waals surface area (Å²) in [5.74, 6) is 0. The Hall–Kier alpha value is -1.36. The first kappa shape index (κ1) is 12.7. The van der Waals surface area contributed by atoms with E-state index >= 15 is 0 Å². The summed E-state index contributed by atoms with van der Waals surface area (Å²) < 4.78 is 0. The van der Waals surface area contributed by atoms with Crippen molar-refractivity contribution in [3.05, 3.63) is 36.0 Å². The summed E-state index contributed by atoms with van der Waals surface area (Å²) in [5, 5.41) is 4.76. The first-order valence-corrected chi connectivity index (χ1v) is 6.94. The zero-order valence-electron chi connectivity index (χ0n) is 11.7. The molecule has 1 unspecified atom stereocenters. The van der Waals surface area contributed by atoms with E-state index in [9.17, 15) is 0 Å². The summed E-state index contributed by atoms with van der Waals surface area (Å²) in [6, 6.07) is 8.55. The molecule has 0 saturated carbocycles. The van der Waals surface area contributed by atoms with Gasteiger partial charge in [-0.25, -0.2) is 0 Å². The Labute approximate surface area is 114 Å². The van der Waals surface area contributed by atoms with Crippen LogP contribution in [0.25, 0.3) is 10.9 Å². The van der Waals surface area contributed by atoms with Crippen molar-refractivity contribution in [3.63, 3.8) is 0 Å². The Kier molecular flexibility index (Phi) is 3.55. The maximum absolute atomic E-state index is 3.42. The smallest absolute Gasteiger partial charge is 0.0902 e. The number of benzene rings is 1. The van der Waals surface area contributed by atoms with E-state index in [0.29, 0.717) is 6.17 Å². The van der Waals surface area contributed by atoms with Gasteiger partial charge in [-0.2, -0.15) is 0 Å². The SMILES string of the molecule is CN(C)C(c1c[nH]c2ccccc12)N1CCNCC1. The lowest BCUT2D eigenvalue weighted by Crippen LogP contribution is -2.48. The van der Waals surface area contributed by atoms with Gasteiger partial charge >= 0.3 is 0 Å². The van der Waals surface area contributed by atoms with E-state index in [4.69, 9.17) is 0 Å².